The molecule has 3 aromatic rings. The summed E-state index contributed by atoms with van der Waals surface area (Å²) < 4.78 is 3.82. The van der Waals surface area contributed by atoms with E-state index in [4.69, 9.17) is 0 Å². The molecule has 0 saturated carbocycles. The second-order valence-electron chi connectivity index (χ2n) is 6.43. The van der Waals surface area contributed by atoms with Crippen LogP contribution in [-0.2, 0) is 7.05 Å². The number of carbonyl (C=O) groups is 1. The molecule has 1 fully saturated rings. The lowest BCUT2D eigenvalue weighted by Gasteiger charge is -2.24. The molecule has 3 heterocycles. The van der Waals surface area contributed by atoms with Crippen molar-refractivity contribution < 1.29 is 4.79 Å². The zero-order chi connectivity index (χ0) is 17.4. The molecule has 1 amide bonds. The van der Waals surface area contributed by atoms with Crippen molar-refractivity contribution >= 4 is 5.91 Å². The summed E-state index contributed by atoms with van der Waals surface area (Å²) in [5, 5.41) is 7.64. The van der Waals surface area contributed by atoms with Crippen LogP contribution in [0.3, 0.4) is 0 Å². The molecular weight excluding hydrogens is 316 g/mol. The highest BCUT2D eigenvalue weighted by Crippen LogP contribution is 2.32. The van der Waals surface area contributed by atoms with Crippen molar-refractivity contribution in [2.75, 3.05) is 6.54 Å². The summed E-state index contributed by atoms with van der Waals surface area (Å²) in [6.07, 6.45) is 7.19. The fourth-order valence-electron chi connectivity index (χ4n) is 3.52. The van der Waals surface area contributed by atoms with Crippen molar-refractivity contribution in [2.24, 2.45) is 7.05 Å². The monoisotopic (exact) mass is 336 g/mol. The Hall–Kier alpha value is -2.96. The van der Waals surface area contributed by atoms with E-state index >= 15 is 0 Å². The highest BCUT2D eigenvalue weighted by molar-refractivity contribution is 5.95. The van der Waals surface area contributed by atoms with E-state index in [1.807, 2.05) is 53.9 Å². The molecule has 1 aliphatic rings. The highest BCUT2D eigenvalue weighted by atomic mass is 16.2. The highest BCUT2D eigenvalue weighted by Gasteiger charge is 2.33. The van der Waals surface area contributed by atoms with Crippen LogP contribution in [-0.4, -0.2) is 41.7 Å². The average molecular weight is 336 g/mol. The number of rotatable bonds is 3. The van der Waals surface area contributed by atoms with Crippen molar-refractivity contribution in [3.05, 3.63) is 60.2 Å². The Morgan fingerprint density at radius 3 is 2.76 bits per heavy atom. The molecule has 128 valence electrons. The molecule has 0 aliphatic carbocycles. The normalized spacial score (nSPS) is 17.2. The van der Waals surface area contributed by atoms with Gasteiger partial charge < -0.3 is 9.47 Å². The number of nitrogens with zero attached hydrogens (tertiary/aromatic N) is 6. The Labute approximate surface area is 145 Å². The Morgan fingerprint density at radius 2 is 2.04 bits per heavy atom. The first-order valence-corrected chi connectivity index (χ1v) is 8.39. The fraction of sp³-hybridized carbons (Fsp3) is 0.333. The zero-order valence-electron chi connectivity index (χ0n) is 14.3. The summed E-state index contributed by atoms with van der Waals surface area (Å²) in [5.74, 6) is 0.997. The molecule has 2 aromatic heterocycles. The van der Waals surface area contributed by atoms with Gasteiger partial charge in [0.2, 0.25) is 0 Å². The lowest BCUT2D eigenvalue weighted by Crippen LogP contribution is -2.31. The van der Waals surface area contributed by atoms with Gasteiger partial charge in [0.15, 0.2) is 0 Å². The summed E-state index contributed by atoms with van der Waals surface area (Å²) in [7, 11) is 1.99. The van der Waals surface area contributed by atoms with Gasteiger partial charge in [-0.15, -0.1) is 10.2 Å². The van der Waals surface area contributed by atoms with E-state index in [1.165, 1.54) is 0 Å². The van der Waals surface area contributed by atoms with Crippen LogP contribution in [0.4, 0.5) is 0 Å². The quantitative estimate of drug-likeness (QED) is 0.736. The summed E-state index contributed by atoms with van der Waals surface area (Å²) >= 11 is 0. The zero-order valence-corrected chi connectivity index (χ0v) is 14.3. The first-order valence-electron chi connectivity index (χ1n) is 8.39. The van der Waals surface area contributed by atoms with Crippen LogP contribution in [0.2, 0.25) is 0 Å². The van der Waals surface area contributed by atoms with Gasteiger partial charge in [0.25, 0.3) is 5.91 Å². The summed E-state index contributed by atoms with van der Waals surface area (Å²) in [6, 6.07) is 7.59. The van der Waals surface area contributed by atoms with Crippen LogP contribution < -0.4 is 0 Å². The van der Waals surface area contributed by atoms with E-state index in [0.717, 1.165) is 36.6 Å². The lowest BCUT2D eigenvalue weighted by atomic mass is 10.1. The first kappa shape index (κ1) is 15.6. The van der Waals surface area contributed by atoms with Crippen LogP contribution in [0, 0.1) is 6.92 Å². The molecular formula is C18H20N6O. The molecule has 25 heavy (non-hydrogen) atoms. The molecule has 4 rings (SSSR count). The summed E-state index contributed by atoms with van der Waals surface area (Å²) in [6.45, 7) is 2.74. The lowest BCUT2D eigenvalue weighted by molar-refractivity contribution is 0.0728. The molecule has 1 atom stereocenters. The standard InChI is InChI=1S/C18H20N6O/c1-13-10-22(2)17(21-13)16-7-4-8-24(16)18(25)14-5-3-6-15(9-14)23-11-19-20-12-23/h3,5-6,9-12,16H,4,7-8H2,1-2H3/t16-/m0/s1. The minimum atomic E-state index is 0.0322. The largest absolute Gasteiger partial charge is 0.336 e. The van der Waals surface area contributed by atoms with E-state index in [1.54, 1.807) is 17.2 Å². The summed E-state index contributed by atoms with van der Waals surface area (Å²) in [5.41, 5.74) is 2.52. The Morgan fingerprint density at radius 1 is 1.24 bits per heavy atom. The number of aryl methyl sites for hydroxylation is 2. The summed E-state index contributed by atoms with van der Waals surface area (Å²) in [4.78, 5) is 19.7. The number of carbonyl (C=O) groups excluding carboxylic acids is 1. The van der Waals surface area contributed by atoms with Gasteiger partial charge in [-0.1, -0.05) is 6.07 Å². The molecule has 7 nitrogen and oxygen atoms in total. The van der Waals surface area contributed by atoms with E-state index in [0.29, 0.717) is 5.56 Å². The smallest absolute Gasteiger partial charge is 0.254 e. The molecule has 0 spiro atoms. The third-order valence-electron chi connectivity index (χ3n) is 4.65. The Balaban J connectivity index is 1.64. The first-order chi connectivity index (χ1) is 12.1. The molecule has 1 aromatic carbocycles. The predicted octanol–water partition coefficient (Wildman–Crippen LogP) is 2.29. The minimum absolute atomic E-state index is 0.0322. The van der Waals surface area contributed by atoms with Crippen LogP contribution in [0.15, 0.2) is 43.1 Å². The number of imidazole rings is 1. The second-order valence-corrected chi connectivity index (χ2v) is 6.43. The number of amides is 1. The molecule has 0 unspecified atom stereocenters. The Bertz CT molecular complexity index is 898. The molecule has 0 bridgehead atoms. The van der Waals surface area contributed by atoms with Crippen LogP contribution in [0.5, 0.6) is 0 Å². The van der Waals surface area contributed by atoms with E-state index < -0.39 is 0 Å². The van der Waals surface area contributed by atoms with E-state index in [-0.39, 0.29) is 11.9 Å². The number of benzene rings is 1. The van der Waals surface area contributed by atoms with Crippen LogP contribution in [0.25, 0.3) is 5.69 Å². The number of aromatic nitrogens is 5. The number of hydrogen-bond acceptors (Lipinski definition) is 4. The molecule has 0 N–H and O–H groups in total. The average Bonchev–Trinajstić information content (AvgIpc) is 3.35. The van der Waals surface area contributed by atoms with Gasteiger partial charge in [-0.05, 0) is 38.0 Å². The Kier molecular flexibility index (Phi) is 3.83. The predicted molar refractivity (Wildman–Crippen MR) is 92.3 cm³/mol. The van der Waals surface area contributed by atoms with E-state index in [9.17, 15) is 4.79 Å². The van der Waals surface area contributed by atoms with Gasteiger partial charge in [-0.2, -0.15) is 0 Å². The van der Waals surface area contributed by atoms with Crippen LogP contribution in [0.1, 0.15) is 40.8 Å². The van der Waals surface area contributed by atoms with Gasteiger partial charge in [-0.25, -0.2) is 4.98 Å². The molecule has 1 aliphatic heterocycles. The molecule has 1 saturated heterocycles. The SMILES string of the molecule is Cc1cn(C)c([C@@H]2CCCN2C(=O)c2cccc(-n3cnnc3)c2)n1. The topological polar surface area (TPSA) is 68.8 Å². The van der Waals surface area contributed by atoms with Gasteiger partial charge in [0, 0.05) is 31.0 Å². The van der Waals surface area contributed by atoms with Crippen molar-refractivity contribution in [3.8, 4) is 5.69 Å². The fourth-order valence-corrected chi connectivity index (χ4v) is 3.52. The van der Waals surface area contributed by atoms with Gasteiger partial charge in [0.05, 0.1) is 11.7 Å². The van der Waals surface area contributed by atoms with Crippen molar-refractivity contribution in [1.82, 2.24) is 29.2 Å². The maximum absolute atomic E-state index is 13.1. The maximum atomic E-state index is 13.1. The van der Waals surface area contributed by atoms with Gasteiger partial charge in [-0.3, -0.25) is 9.36 Å². The van der Waals surface area contributed by atoms with E-state index in [2.05, 4.69) is 15.2 Å². The maximum Gasteiger partial charge on any atom is 0.254 e. The molecule has 7 heteroatoms. The van der Waals surface area contributed by atoms with Crippen molar-refractivity contribution in [3.63, 3.8) is 0 Å². The third-order valence-corrected chi connectivity index (χ3v) is 4.65. The van der Waals surface area contributed by atoms with Gasteiger partial charge in [0.1, 0.15) is 18.5 Å². The minimum Gasteiger partial charge on any atom is -0.336 e. The second kappa shape index (κ2) is 6.16. The third kappa shape index (κ3) is 2.82. The number of hydrogen-bond donors (Lipinski definition) is 0. The van der Waals surface area contributed by atoms with Crippen LogP contribution >= 0.6 is 0 Å². The molecule has 0 radical (unpaired) electrons. The van der Waals surface area contributed by atoms with Crippen molar-refractivity contribution in [2.45, 2.75) is 25.8 Å². The number of likely N-dealkylation sites (tertiary alicyclic amines) is 1. The van der Waals surface area contributed by atoms with Crippen molar-refractivity contribution in [1.29, 1.82) is 0 Å². The van der Waals surface area contributed by atoms with Gasteiger partial charge >= 0.3 is 0 Å².